The zero-order valence-corrected chi connectivity index (χ0v) is 20.0. The molecule has 9 nitrogen and oxygen atoms in total. The van der Waals surface area contributed by atoms with E-state index in [1.165, 1.54) is 7.11 Å². The SMILES string of the molecule is CO[C@@H]1O[C@@H]([C@@H](CO)OC(=O)c2ccccc2)[C@H](OC(=O)c2ccccc2)[C@H]1OC(=O)c1ccccc1. The molecule has 0 saturated carbocycles. The number of esters is 3. The Morgan fingerprint density at radius 1 is 0.730 bits per heavy atom. The van der Waals surface area contributed by atoms with Crippen molar-refractivity contribution in [3.8, 4) is 0 Å². The van der Waals surface area contributed by atoms with Crippen LogP contribution in [0.2, 0.25) is 0 Å². The van der Waals surface area contributed by atoms with Gasteiger partial charge in [-0.1, -0.05) is 54.6 Å². The molecule has 0 radical (unpaired) electrons. The van der Waals surface area contributed by atoms with E-state index in [1.807, 2.05) is 0 Å². The van der Waals surface area contributed by atoms with Crippen molar-refractivity contribution in [2.24, 2.45) is 0 Å². The van der Waals surface area contributed by atoms with Crippen LogP contribution in [0.25, 0.3) is 0 Å². The average Bonchev–Trinajstić information content (AvgIpc) is 3.29. The average molecular weight is 507 g/mol. The summed E-state index contributed by atoms with van der Waals surface area (Å²) in [6.45, 7) is -0.654. The Labute approximate surface area is 213 Å². The summed E-state index contributed by atoms with van der Waals surface area (Å²) in [5, 5.41) is 10.1. The van der Waals surface area contributed by atoms with Crippen molar-refractivity contribution in [2.45, 2.75) is 30.7 Å². The summed E-state index contributed by atoms with van der Waals surface area (Å²) in [5.74, 6) is -2.13. The highest BCUT2D eigenvalue weighted by Gasteiger charge is 2.54. The molecule has 1 aliphatic heterocycles. The highest BCUT2D eigenvalue weighted by atomic mass is 16.7. The molecule has 0 amide bonds. The molecule has 1 aliphatic rings. The zero-order valence-electron chi connectivity index (χ0n) is 20.0. The molecule has 0 spiro atoms. The highest BCUT2D eigenvalue weighted by molar-refractivity contribution is 5.91. The van der Waals surface area contributed by atoms with Crippen molar-refractivity contribution in [3.05, 3.63) is 108 Å². The van der Waals surface area contributed by atoms with Gasteiger partial charge in [-0.15, -0.1) is 0 Å². The van der Waals surface area contributed by atoms with Gasteiger partial charge in [0, 0.05) is 7.11 Å². The van der Waals surface area contributed by atoms with Crippen LogP contribution in [0, 0.1) is 0 Å². The van der Waals surface area contributed by atoms with Gasteiger partial charge in [-0.2, -0.15) is 0 Å². The van der Waals surface area contributed by atoms with E-state index in [0.29, 0.717) is 0 Å². The second-order valence-electron chi connectivity index (χ2n) is 8.17. The summed E-state index contributed by atoms with van der Waals surface area (Å²) < 4.78 is 28.2. The van der Waals surface area contributed by atoms with E-state index in [4.69, 9.17) is 23.7 Å². The molecular weight excluding hydrogens is 480 g/mol. The molecule has 3 aromatic rings. The summed E-state index contributed by atoms with van der Waals surface area (Å²) in [7, 11) is 1.33. The predicted octanol–water partition coefficient (Wildman–Crippen LogP) is 3.03. The number of hydrogen-bond acceptors (Lipinski definition) is 9. The maximum atomic E-state index is 13.0. The first-order chi connectivity index (χ1) is 18.0. The zero-order chi connectivity index (χ0) is 26.2. The summed E-state index contributed by atoms with van der Waals surface area (Å²) in [6, 6.07) is 24.6. The molecule has 1 fully saturated rings. The quantitative estimate of drug-likeness (QED) is 0.345. The van der Waals surface area contributed by atoms with Gasteiger partial charge in [0.1, 0.15) is 6.10 Å². The molecule has 9 heteroatoms. The number of aliphatic hydroxyl groups excluding tert-OH is 1. The largest absolute Gasteiger partial charge is 0.453 e. The minimum Gasteiger partial charge on any atom is -0.453 e. The van der Waals surface area contributed by atoms with Gasteiger partial charge < -0.3 is 28.8 Å². The number of rotatable bonds is 9. The minimum absolute atomic E-state index is 0.247. The van der Waals surface area contributed by atoms with Crippen LogP contribution in [0.15, 0.2) is 91.0 Å². The van der Waals surface area contributed by atoms with Crippen LogP contribution in [0.1, 0.15) is 31.1 Å². The molecule has 0 bridgehead atoms. The van der Waals surface area contributed by atoms with Crippen LogP contribution < -0.4 is 0 Å². The van der Waals surface area contributed by atoms with Gasteiger partial charge in [0.2, 0.25) is 0 Å². The van der Waals surface area contributed by atoms with E-state index in [9.17, 15) is 19.5 Å². The molecule has 37 heavy (non-hydrogen) atoms. The minimum atomic E-state index is -1.27. The third-order valence-electron chi connectivity index (χ3n) is 5.76. The maximum absolute atomic E-state index is 13.0. The molecule has 0 unspecified atom stereocenters. The monoisotopic (exact) mass is 506 g/mol. The van der Waals surface area contributed by atoms with E-state index < -0.39 is 55.2 Å². The van der Waals surface area contributed by atoms with Crippen LogP contribution in [-0.2, 0) is 23.7 Å². The highest BCUT2D eigenvalue weighted by Crippen LogP contribution is 2.32. The van der Waals surface area contributed by atoms with Crippen LogP contribution in [0.5, 0.6) is 0 Å². The van der Waals surface area contributed by atoms with Crippen molar-refractivity contribution < 1.29 is 43.2 Å². The number of benzene rings is 3. The second-order valence-corrected chi connectivity index (χ2v) is 8.17. The van der Waals surface area contributed by atoms with Gasteiger partial charge >= 0.3 is 17.9 Å². The Morgan fingerprint density at radius 3 is 1.59 bits per heavy atom. The molecule has 3 aromatic carbocycles. The van der Waals surface area contributed by atoms with Crippen LogP contribution in [-0.4, -0.2) is 67.4 Å². The Morgan fingerprint density at radius 2 is 1.16 bits per heavy atom. The second kappa shape index (κ2) is 12.3. The van der Waals surface area contributed by atoms with Gasteiger partial charge in [0.15, 0.2) is 24.6 Å². The Hall–Kier alpha value is -4.05. The topological polar surface area (TPSA) is 118 Å². The molecule has 0 aromatic heterocycles. The Kier molecular flexibility index (Phi) is 8.63. The first-order valence-electron chi connectivity index (χ1n) is 11.6. The number of ether oxygens (including phenoxy) is 5. The van der Waals surface area contributed by atoms with E-state index in [2.05, 4.69) is 0 Å². The normalized spacial score (nSPS) is 21.6. The van der Waals surface area contributed by atoms with Crippen LogP contribution in [0.3, 0.4) is 0 Å². The first kappa shape index (κ1) is 26.0. The van der Waals surface area contributed by atoms with Gasteiger partial charge in [-0.05, 0) is 36.4 Å². The van der Waals surface area contributed by atoms with E-state index in [-0.39, 0.29) is 16.7 Å². The lowest BCUT2D eigenvalue weighted by Crippen LogP contribution is -2.46. The van der Waals surface area contributed by atoms with E-state index in [0.717, 1.165) is 0 Å². The maximum Gasteiger partial charge on any atom is 0.338 e. The number of carbonyl (C=O) groups excluding carboxylic acids is 3. The predicted molar refractivity (Wildman–Crippen MR) is 130 cm³/mol. The number of carbonyl (C=O) groups is 3. The van der Waals surface area contributed by atoms with E-state index >= 15 is 0 Å². The van der Waals surface area contributed by atoms with Crippen molar-refractivity contribution in [2.75, 3.05) is 13.7 Å². The van der Waals surface area contributed by atoms with E-state index in [1.54, 1.807) is 91.0 Å². The molecule has 1 saturated heterocycles. The molecule has 4 rings (SSSR count). The van der Waals surface area contributed by atoms with Crippen molar-refractivity contribution in [1.82, 2.24) is 0 Å². The van der Waals surface area contributed by atoms with Crippen LogP contribution >= 0.6 is 0 Å². The van der Waals surface area contributed by atoms with Gasteiger partial charge in [-0.3, -0.25) is 0 Å². The summed E-state index contributed by atoms with van der Waals surface area (Å²) >= 11 is 0. The van der Waals surface area contributed by atoms with Gasteiger partial charge in [0.05, 0.1) is 23.3 Å². The summed E-state index contributed by atoms with van der Waals surface area (Å²) in [4.78, 5) is 38.5. The molecule has 0 aliphatic carbocycles. The van der Waals surface area contributed by atoms with Gasteiger partial charge in [0.25, 0.3) is 0 Å². The molecular formula is C28H26O9. The number of hydrogen-bond donors (Lipinski definition) is 1. The fraction of sp³-hybridized carbons (Fsp3) is 0.250. The number of aliphatic hydroxyl groups is 1. The molecule has 5 atom stereocenters. The van der Waals surface area contributed by atoms with Gasteiger partial charge in [-0.25, -0.2) is 14.4 Å². The summed E-state index contributed by atoms with van der Waals surface area (Å²) in [5.41, 5.74) is 0.771. The summed E-state index contributed by atoms with van der Waals surface area (Å²) in [6.07, 6.45) is -6.13. The lowest BCUT2D eigenvalue weighted by molar-refractivity contribution is -0.168. The lowest BCUT2D eigenvalue weighted by Gasteiger charge is -2.27. The Bertz CT molecular complexity index is 1180. The third kappa shape index (κ3) is 6.21. The smallest absolute Gasteiger partial charge is 0.338 e. The van der Waals surface area contributed by atoms with Crippen molar-refractivity contribution in [3.63, 3.8) is 0 Å². The molecule has 192 valence electrons. The number of methoxy groups -OCH3 is 1. The fourth-order valence-corrected chi connectivity index (χ4v) is 3.92. The molecule has 1 heterocycles. The fourth-order valence-electron chi connectivity index (χ4n) is 3.92. The van der Waals surface area contributed by atoms with Crippen molar-refractivity contribution in [1.29, 1.82) is 0 Å². The third-order valence-corrected chi connectivity index (χ3v) is 5.76. The lowest BCUT2D eigenvalue weighted by atomic mass is 10.0. The van der Waals surface area contributed by atoms with Crippen molar-refractivity contribution >= 4 is 17.9 Å². The Balaban J connectivity index is 1.62. The first-order valence-corrected chi connectivity index (χ1v) is 11.6. The van der Waals surface area contributed by atoms with Crippen LogP contribution in [0.4, 0.5) is 0 Å². The standard InChI is InChI=1S/C28H26O9/c1-33-28-24(36-27(32)20-15-9-4-10-16-20)23(35-26(31)19-13-7-3-8-14-19)22(37-28)21(17-29)34-25(30)18-11-5-2-6-12-18/h2-16,21-24,28-29H,17H2,1H3/t21-,22+,23+,24-,28-/m1/s1. The molecule has 1 N–H and O–H groups in total.